The predicted octanol–water partition coefficient (Wildman–Crippen LogP) is 4.15. The summed E-state index contributed by atoms with van der Waals surface area (Å²) in [5, 5.41) is 5.63. The van der Waals surface area contributed by atoms with E-state index in [0.717, 1.165) is 10.6 Å². The Labute approximate surface area is 166 Å². The van der Waals surface area contributed by atoms with Gasteiger partial charge < -0.3 is 5.32 Å². The zero-order valence-electron chi connectivity index (χ0n) is 15.4. The van der Waals surface area contributed by atoms with Gasteiger partial charge in [-0.15, -0.1) is 11.3 Å². The molecular formula is C21H21F2N3OS. The van der Waals surface area contributed by atoms with Crippen molar-refractivity contribution < 1.29 is 13.6 Å². The maximum Gasteiger partial charge on any atom is 0.235 e. The minimum atomic E-state index is -0.608. The molecular weight excluding hydrogens is 380 g/mol. The van der Waals surface area contributed by atoms with Crippen LogP contribution in [0.4, 0.5) is 8.78 Å². The van der Waals surface area contributed by atoms with Gasteiger partial charge in [-0.3, -0.25) is 9.69 Å². The molecule has 1 aromatic heterocycles. The summed E-state index contributed by atoms with van der Waals surface area (Å²) in [5.41, 5.74) is 0.894. The highest BCUT2D eigenvalue weighted by molar-refractivity contribution is 7.09. The summed E-state index contributed by atoms with van der Waals surface area (Å²) < 4.78 is 27.9. The van der Waals surface area contributed by atoms with Crippen LogP contribution in [0.5, 0.6) is 0 Å². The maximum atomic E-state index is 13.9. The second-order valence-electron chi connectivity index (χ2n) is 6.29. The Hall–Kier alpha value is -2.64. The Kier molecular flexibility index (Phi) is 6.84. The van der Waals surface area contributed by atoms with E-state index in [1.807, 2.05) is 42.6 Å². The lowest BCUT2D eigenvalue weighted by atomic mass is 10.1. The molecule has 0 radical (unpaired) electrons. The van der Waals surface area contributed by atoms with Crippen LogP contribution < -0.4 is 5.32 Å². The number of halogens is 2. The number of aromatic nitrogens is 1. The smallest absolute Gasteiger partial charge is 0.235 e. The largest absolute Gasteiger partial charge is 0.342 e. The predicted molar refractivity (Wildman–Crippen MR) is 106 cm³/mol. The Morgan fingerprint density at radius 1 is 1.14 bits per heavy atom. The molecule has 3 rings (SSSR count). The van der Waals surface area contributed by atoms with Crippen LogP contribution in [-0.4, -0.2) is 28.9 Å². The molecule has 0 fully saturated rings. The summed E-state index contributed by atoms with van der Waals surface area (Å²) >= 11 is 1.46. The van der Waals surface area contributed by atoms with Gasteiger partial charge in [0.25, 0.3) is 0 Å². The van der Waals surface area contributed by atoms with Crippen molar-refractivity contribution >= 4 is 17.2 Å². The van der Waals surface area contributed by atoms with E-state index < -0.39 is 11.6 Å². The standard InChI is InChI=1S/C21H21F2N3OS/c1-2-26(13-16-17(22)9-6-10-18(16)23)14-19(27)25-20(21-24-11-12-28-21)15-7-4-3-5-8-15/h3-12,20H,2,13-14H2,1H3,(H,25,27). The van der Waals surface area contributed by atoms with E-state index >= 15 is 0 Å². The van der Waals surface area contributed by atoms with Gasteiger partial charge in [0.15, 0.2) is 0 Å². The molecule has 0 spiro atoms. The highest BCUT2D eigenvalue weighted by Gasteiger charge is 2.21. The Balaban J connectivity index is 1.71. The van der Waals surface area contributed by atoms with Gasteiger partial charge in [-0.2, -0.15) is 0 Å². The number of carbonyl (C=O) groups excluding carboxylic acids is 1. The minimum Gasteiger partial charge on any atom is -0.342 e. The average molecular weight is 401 g/mol. The van der Waals surface area contributed by atoms with Crippen LogP contribution in [0.1, 0.15) is 29.1 Å². The van der Waals surface area contributed by atoms with Crippen molar-refractivity contribution in [3.05, 3.63) is 87.9 Å². The van der Waals surface area contributed by atoms with Crippen LogP contribution in [0, 0.1) is 11.6 Å². The van der Waals surface area contributed by atoms with Gasteiger partial charge in [0.1, 0.15) is 22.7 Å². The van der Waals surface area contributed by atoms with Crippen molar-refractivity contribution in [1.82, 2.24) is 15.2 Å². The number of benzene rings is 2. The number of amides is 1. The second-order valence-corrected chi connectivity index (χ2v) is 7.21. The molecule has 28 heavy (non-hydrogen) atoms. The first-order chi connectivity index (χ1) is 13.6. The monoisotopic (exact) mass is 401 g/mol. The third kappa shape index (κ3) is 4.99. The second kappa shape index (κ2) is 9.52. The summed E-state index contributed by atoms with van der Waals surface area (Å²) in [6, 6.07) is 13.0. The normalized spacial score (nSPS) is 12.1. The fourth-order valence-electron chi connectivity index (χ4n) is 2.91. The van der Waals surface area contributed by atoms with Gasteiger partial charge in [0.05, 0.1) is 6.54 Å². The van der Waals surface area contributed by atoms with Crippen molar-refractivity contribution in [2.45, 2.75) is 19.5 Å². The van der Waals surface area contributed by atoms with Gasteiger partial charge in [0, 0.05) is 23.7 Å². The highest BCUT2D eigenvalue weighted by atomic mass is 32.1. The van der Waals surface area contributed by atoms with Crippen molar-refractivity contribution in [1.29, 1.82) is 0 Å². The first-order valence-corrected chi connectivity index (χ1v) is 9.85. The zero-order chi connectivity index (χ0) is 19.9. The van der Waals surface area contributed by atoms with E-state index in [1.165, 1.54) is 29.5 Å². The number of nitrogens with one attached hydrogen (secondary N) is 1. The number of thiazole rings is 1. The number of hydrogen-bond acceptors (Lipinski definition) is 4. The summed E-state index contributed by atoms with van der Waals surface area (Å²) in [4.78, 5) is 18.7. The zero-order valence-corrected chi connectivity index (χ0v) is 16.3. The molecule has 0 aliphatic heterocycles. The maximum absolute atomic E-state index is 13.9. The van der Waals surface area contributed by atoms with Crippen molar-refractivity contribution in [3.8, 4) is 0 Å². The van der Waals surface area contributed by atoms with E-state index in [0.29, 0.717) is 6.54 Å². The van der Waals surface area contributed by atoms with Gasteiger partial charge in [-0.1, -0.05) is 43.3 Å². The molecule has 1 heterocycles. The fraction of sp³-hybridized carbons (Fsp3) is 0.238. The first-order valence-electron chi connectivity index (χ1n) is 8.97. The van der Waals surface area contributed by atoms with Crippen LogP contribution >= 0.6 is 11.3 Å². The van der Waals surface area contributed by atoms with Crippen LogP contribution in [0.2, 0.25) is 0 Å². The van der Waals surface area contributed by atoms with Crippen LogP contribution in [0.25, 0.3) is 0 Å². The van der Waals surface area contributed by atoms with Gasteiger partial charge in [-0.05, 0) is 24.2 Å². The first kappa shape index (κ1) is 20.1. The van der Waals surface area contributed by atoms with E-state index in [2.05, 4.69) is 10.3 Å². The molecule has 4 nitrogen and oxygen atoms in total. The van der Waals surface area contributed by atoms with Crippen molar-refractivity contribution in [3.63, 3.8) is 0 Å². The lowest BCUT2D eigenvalue weighted by Gasteiger charge is -2.23. The van der Waals surface area contributed by atoms with E-state index in [9.17, 15) is 13.6 Å². The average Bonchev–Trinajstić information content (AvgIpc) is 3.23. The molecule has 0 saturated carbocycles. The van der Waals surface area contributed by atoms with Crippen LogP contribution in [0.15, 0.2) is 60.1 Å². The quantitative estimate of drug-likeness (QED) is 0.617. The number of rotatable bonds is 8. The van der Waals surface area contributed by atoms with Gasteiger partial charge >= 0.3 is 0 Å². The van der Waals surface area contributed by atoms with Crippen LogP contribution in [-0.2, 0) is 11.3 Å². The molecule has 7 heteroatoms. The van der Waals surface area contributed by atoms with Crippen molar-refractivity contribution in [2.24, 2.45) is 0 Å². The third-order valence-corrected chi connectivity index (χ3v) is 5.23. The number of likely N-dealkylation sites (N-methyl/N-ethyl adjacent to an activating group) is 1. The Morgan fingerprint density at radius 3 is 2.46 bits per heavy atom. The molecule has 0 aliphatic rings. The lowest BCUT2D eigenvalue weighted by Crippen LogP contribution is -2.39. The molecule has 2 aromatic carbocycles. The molecule has 0 saturated heterocycles. The van der Waals surface area contributed by atoms with Gasteiger partial charge in [-0.25, -0.2) is 13.8 Å². The summed E-state index contributed by atoms with van der Waals surface area (Å²) in [7, 11) is 0. The number of hydrogen-bond donors (Lipinski definition) is 1. The summed E-state index contributed by atoms with van der Waals surface area (Å²) in [6.45, 7) is 2.38. The minimum absolute atomic E-state index is 0.0235. The molecule has 146 valence electrons. The number of carbonyl (C=O) groups is 1. The molecule has 0 bridgehead atoms. The summed E-state index contributed by atoms with van der Waals surface area (Å²) in [5.74, 6) is -1.45. The highest BCUT2D eigenvalue weighted by Crippen LogP contribution is 2.23. The molecule has 1 N–H and O–H groups in total. The SMILES string of the molecule is CCN(CC(=O)NC(c1ccccc1)c1nccs1)Cc1c(F)cccc1F. The van der Waals surface area contributed by atoms with Gasteiger partial charge in [0.2, 0.25) is 5.91 Å². The summed E-state index contributed by atoms with van der Waals surface area (Å²) in [6.07, 6.45) is 1.70. The molecule has 0 aliphatic carbocycles. The van der Waals surface area contributed by atoms with E-state index in [4.69, 9.17) is 0 Å². The Bertz CT molecular complexity index is 883. The van der Waals surface area contributed by atoms with E-state index in [1.54, 1.807) is 11.1 Å². The Morgan fingerprint density at radius 2 is 1.86 bits per heavy atom. The van der Waals surface area contributed by atoms with Crippen LogP contribution in [0.3, 0.4) is 0 Å². The van der Waals surface area contributed by atoms with E-state index in [-0.39, 0.29) is 30.6 Å². The molecule has 1 atom stereocenters. The molecule has 1 unspecified atom stereocenters. The lowest BCUT2D eigenvalue weighted by molar-refractivity contribution is -0.122. The van der Waals surface area contributed by atoms with Crippen molar-refractivity contribution in [2.75, 3.05) is 13.1 Å². The number of nitrogens with zero attached hydrogens (tertiary/aromatic N) is 2. The molecule has 3 aromatic rings. The fourth-order valence-corrected chi connectivity index (χ4v) is 3.62. The molecule has 1 amide bonds. The third-order valence-electron chi connectivity index (χ3n) is 4.39. The topological polar surface area (TPSA) is 45.2 Å².